The van der Waals surface area contributed by atoms with Crippen molar-refractivity contribution in [3.63, 3.8) is 0 Å². The van der Waals surface area contributed by atoms with Crippen LogP contribution in [0.1, 0.15) is 12.0 Å². The molecule has 1 aliphatic carbocycles. The number of hydrogen-bond donors (Lipinski definition) is 1. The fourth-order valence-electron chi connectivity index (χ4n) is 3.76. The Morgan fingerprint density at radius 3 is 2.52 bits per heavy atom. The zero-order chi connectivity index (χ0) is 21.6. The first-order chi connectivity index (χ1) is 14.9. The molecule has 10 heteroatoms. The Hall–Kier alpha value is -2.85. The number of aromatic nitrogens is 3. The second-order valence-electron chi connectivity index (χ2n) is 8.09. The highest BCUT2D eigenvalue weighted by atomic mass is 32.2. The summed E-state index contributed by atoms with van der Waals surface area (Å²) in [6.45, 7) is 1.82. The largest absolute Gasteiger partial charge is 0.297 e. The fraction of sp³-hybridized carbons (Fsp3) is 0.381. The average molecular weight is 444 g/mol. The van der Waals surface area contributed by atoms with E-state index in [1.165, 1.54) is 0 Å². The first kappa shape index (κ1) is 20.1. The van der Waals surface area contributed by atoms with Gasteiger partial charge in [-0.3, -0.25) is 15.0 Å². The number of nitrogens with one attached hydrogen (secondary N) is 1. The molecule has 0 spiro atoms. The highest BCUT2D eigenvalue weighted by Gasteiger charge is 2.44. The maximum absolute atomic E-state index is 13.1. The molecule has 1 saturated carbocycles. The normalized spacial score (nSPS) is 23.0. The van der Waals surface area contributed by atoms with E-state index in [0.717, 1.165) is 16.8 Å². The van der Waals surface area contributed by atoms with Crippen molar-refractivity contribution in [3.05, 3.63) is 48.0 Å². The molecule has 8 nitrogen and oxygen atoms in total. The van der Waals surface area contributed by atoms with E-state index < -0.39 is 21.9 Å². The van der Waals surface area contributed by atoms with Gasteiger partial charge in [-0.05, 0) is 24.1 Å². The topological polar surface area (TPSA) is 96.7 Å². The van der Waals surface area contributed by atoms with Crippen molar-refractivity contribution in [3.8, 4) is 11.3 Å². The number of amides is 1. The number of halogens is 1. The standard InChI is InChI=1S/C21H22FN5O3S/c22-17-12-16(17)20(28)24-21-23-19-3-1-2-18(27(19)25-21)15-6-4-14(5-7-15)13-26-8-10-31(29,30)11-9-26/h1-7,16-17H,8-13H2,(H,24,25,28). The average Bonchev–Trinajstić information content (AvgIpc) is 3.34. The number of benzene rings is 1. The maximum Gasteiger partial charge on any atom is 0.249 e. The van der Waals surface area contributed by atoms with Crippen LogP contribution in [-0.4, -0.2) is 64.6 Å². The molecule has 5 rings (SSSR count). The summed E-state index contributed by atoms with van der Waals surface area (Å²) < 4.78 is 37.9. The first-order valence-electron chi connectivity index (χ1n) is 10.2. The summed E-state index contributed by atoms with van der Waals surface area (Å²) in [7, 11) is -2.88. The molecule has 3 aromatic rings. The number of carbonyl (C=O) groups is 1. The van der Waals surface area contributed by atoms with Gasteiger partial charge in [0.15, 0.2) is 15.5 Å². The molecule has 2 fully saturated rings. The van der Waals surface area contributed by atoms with Gasteiger partial charge in [-0.25, -0.2) is 17.3 Å². The smallest absolute Gasteiger partial charge is 0.249 e. The zero-order valence-electron chi connectivity index (χ0n) is 16.7. The quantitative estimate of drug-likeness (QED) is 0.647. The number of sulfone groups is 1. The van der Waals surface area contributed by atoms with E-state index in [2.05, 4.69) is 20.3 Å². The lowest BCUT2D eigenvalue weighted by atomic mass is 10.1. The predicted molar refractivity (Wildman–Crippen MR) is 114 cm³/mol. The molecule has 1 saturated heterocycles. The third-order valence-electron chi connectivity index (χ3n) is 5.74. The zero-order valence-corrected chi connectivity index (χ0v) is 17.6. The van der Waals surface area contributed by atoms with Crippen molar-refractivity contribution in [2.45, 2.75) is 19.1 Å². The van der Waals surface area contributed by atoms with E-state index in [1.54, 1.807) is 10.6 Å². The number of hydrogen-bond acceptors (Lipinski definition) is 6. The van der Waals surface area contributed by atoms with Gasteiger partial charge in [-0.2, -0.15) is 4.98 Å². The Labute approximate surface area is 179 Å². The molecule has 0 bridgehead atoms. The minimum atomic E-state index is -2.88. The van der Waals surface area contributed by atoms with Gasteiger partial charge in [-0.1, -0.05) is 30.3 Å². The maximum atomic E-state index is 13.1. The van der Waals surface area contributed by atoms with E-state index in [9.17, 15) is 17.6 Å². The van der Waals surface area contributed by atoms with Gasteiger partial charge in [0.25, 0.3) is 0 Å². The molecule has 2 aromatic heterocycles. The van der Waals surface area contributed by atoms with Crippen LogP contribution in [0.4, 0.5) is 10.3 Å². The van der Waals surface area contributed by atoms with E-state index in [0.29, 0.717) is 25.3 Å². The van der Waals surface area contributed by atoms with Crippen molar-refractivity contribution in [2.75, 3.05) is 29.9 Å². The Morgan fingerprint density at radius 1 is 1.13 bits per heavy atom. The van der Waals surface area contributed by atoms with Gasteiger partial charge in [-0.15, -0.1) is 5.10 Å². The van der Waals surface area contributed by atoms with Gasteiger partial charge < -0.3 is 0 Å². The van der Waals surface area contributed by atoms with E-state index in [-0.39, 0.29) is 29.8 Å². The molecule has 1 aromatic carbocycles. The third kappa shape index (κ3) is 4.31. The predicted octanol–water partition coefficient (Wildman–Crippen LogP) is 1.92. The number of pyridine rings is 1. The van der Waals surface area contributed by atoms with Crippen molar-refractivity contribution in [1.29, 1.82) is 0 Å². The minimum Gasteiger partial charge on any atom is -0.297 e. The summed E-state index contributed by atoms with van der Waals surface area (Å²) in [5, 5.41) is 6.97. The third-order valence-corrected chi connectivity index (χ3v) is 7.35. The van der Waals surface area contributed by atoms with Gasteiger partial charge in [0.05, 0.1) is 23.1 Å². The lowest BCUT2D eigenvalue weighted by Crippen LogP contribution is -2.39. The molecule has 31 heavy (non-hydrogen) atoms. The van der Waals surface area contributed by atoms with Crippen LogP contribution >= 0.6 is 0 Å². The number of fused-ring (bicyclic) bond motifs is 1. The minimum absolute atomic E-state index is 0.160. The van der Waals surface area contributed by atoms with Gasteiger partial charge in [0.2, 0.25) is 11.9 Å². The highest BCUT2D eigenvalue weighted by molar-refractivity contribution is 7.91. The van der Waals surface area contributed by atoms with Gasteiger partial charge in [0, 0.05) is 25.2 Å². The van der Waals surface area contributed by atoms with Gasteiger partial charge >= 0.3 is 0 Å². The lowest BCUT2D eigenvalue weighted by molar-refractivity contribution is -0.117. The molecule has 162 valence electrons. The number of anilines is 1. The summed E-state index contributed by atoms with van der Waals surface area (Å²) in [4.78, 5) is 18.4. The molecule has 3 heterocycles. The Morgan fingerprint density at radius 2 is 1.84 bits per heavy atom. The molecule has 1 N–H and O–H groups in total. The molecule has 2 atom stereocenters. The summed E-state index contributed by atoms with van der Waals surface area (Å²) >= 11 is 0. The van der Waals surface area contributed by atoms with Gasteiger partial charge in [0.1, 0.15) is 6.17 Å². The number of carbonyl (C=O) groups excluding carboxylic acids is 1. The molecule has 2 aliphatic rings. The van der Waals surface area contributed by atoms with Crippen LogP contribution in [0.3, 0.4) is 0 Å². The lowest BCUT2D eigenvalue weighted by Gasteiger charge is -2.26. The van der Waals surface area contributed by atoms with Crippen LogP contribution in [0.5, 0.6) is 0 Å². The Balaban J connectivity index is 1.32. The molecule has 1 aliphatic heterocycles. The van der Waals surface area contributed by atoms with E-state index in [4.69, 9.17) is 0 Å². The van der Waals surface area contributed by atoms with Crippen LogP contribution in [0.25, 0.3) is 16.9 Å². The van der Waals surface area contributed by atoms with Crippen molar-refractivity contribution in [2.24, 2.45) is 5.92 Å². The van der Waals surface area contributed by atoms with Crippen LogP contribution in [0, 0.1) is 5.92 Å². The highest BCUT2D eigenvalue weighted by Crippen LogP contribution is 2.34. The van der Waals surface area contributed by atoms with Crippen molar-refractivity contribution >= 4 is 27.3 Å². The summed E-state index contributed by atoms with van der Waals surface area (Å²) in [5.41, 5.74) is 3.44. The molecule has 1 amide bonds. The van der Waals surface area contributed by atoms with E-state index >= 15 is 0 Å². The summed E-state index contributed by atoms with van der Waals surface area (Å²) in [6, 6.07) is 13.6. The molecule has 2 unspecified atom stereocenters. The van der Waals surface area contributed by atoms with Crippen molar-refractivity contribution in [1.82, 2.24) is 19.5 Å². The van der Waals surface area contributed by atoms with E-state index in [1.807, 2.05) is 36.4 Å². The Kier molecular flexibility index (Phi) is 4.98. The second kappa shape index (κ2) is 7.69. The second-order valence-corrected chi connectivity index (χ2v) is 10.4. The molecular weight excluding hydrogens is 421 g/mol. The Bertz CT molecular complexity index is 1230. The van der Waals surface area contributed by atoms with Crippen molar-refractivity contribution < 1.29 is 17.6 Å². The van der Waals surface area contributed by atoms with Crippen LogP contribution < -0.4 is 5.32 Å². The van der Waals surface area contributed by atoms with Crippen LogP contribution in [-0.2, 0) is 21.2 Å². The fourth-order valence-corrected chi connectivity index (χ4v) is 5.04. The monoisotopic (exact) mass is 443 g/mol. The molecular formula is C21H22FN5O3S. The number of nitrogens with zero attached hydrogens (tertiary/aromatic N) is 4. The SMILES string of the molecule is O=C(Nc1nc2cccc(-c3ccc(CN4CCS(=O)(=O)CC4)cc3)n2n1)C1CC1F. The van der Waals surface area contributed by atoms with Crippen LogP contribution in [0.15, 0.2) is 42.5 Å². The van der Waals surface area contributed by atoms with Crippen LogP contribution in [0.2, 0.25) is 0 Å². The molecule has 0 radical (unpaired) electrons. The number of alkyl halides is 1. The first-order valence-corrected chi connectivity index (χ1v) is 12.0. The summed E-state index contributed by atoms with van der Waals surface area (Å²) in [5.74, 6) is -0.401. The summed E-state index contributed by atoms with van der Waals surface area (Å²) in [6.07, 6.45) is -0.815. The number of rotatable bonds is 5.